The Balaban J connectivity index is 1.99. The maximum absolute atomic E-state index is 12.1. The van der Waals surface area contributed by atoms with Gasteiger partial charge in [0.2, 0.25) is 5.91 Å². The molecule has 2 amide bonds. The highest BCUT2D eigenvalue weighted by Crippen LogP contribution is 2.09. The summed E-state index contributed by atoms with van der Waals surface area (Å²) in [6.07, 6.45) is 0. The summed E-state index contributed by atoms with van der Waals surface area (Å²) >= 11 is 1.14. The Kier molecular flexibility index (Phi) is 5.37. The number of aryl methyl sites for hydroxylation is 1. The molecule has 0 atom stereocenters. The lowest BCUT2D eigenvalue weighted by Gasteiger charge is -2.08. The van der Waals surface area contributed by atoms with Gasteiger partial charge in [0.1, 0.15) is 0 Å². The zero-order valence-electron chi connectivity index (χ0n) is 13.5. The van der Waals surface area contributed by atoms with Crippen molar-refractivity contribution < 1.29 is 9.59 Å². The molecule has 0 fully saturated rings. The van der Waals surface area contributed by atoms with Gasteiger partial charge in [-0.15, -0.1) is 5.10 Å². The van der Waals surface area contributed by atoms with Crippen LogP contribution in [0.3, 0.4) is 0 Å². The molecule has 0 aliphatic heterocycles. The Morgan fingerprint density at radius 1 is 1.26 bits per heavy atom. The highest BCUT2D eigenvalue weighted by atomic mass is 32.1. The van der Waals surface area contributed by atoms with Gasteiger partial charge in [-0.1, -0.05) is 5.21 Å². The van der Waals surface area contributed by atoms with Crippen LogP contribution < -0.4 is 10.6 Å². The molecule has 0 bridgehead atoms. The monoisotopic (exact) mass is 337 g/mol. The fourth-order valence-corrected chi connectivity index (χ4v) is 2.43. The lowest BCUT2D eigenvalue weighted by atomic mass is 10.3. The van der Waals surface area contributed by atoms with Crippen LogP contribution in [0.4, 0.5) is 0 Å². The topological polar surface area (TPSA) is 115 Å². The van der Waals surface area contributed by atoms with Crippen molar-refractivity contribution in [2.75, 3.05) is 6.54 Å². The number of carbonyl (C=O) groups excluding carboxylic acids is 2. The predicted octanol–water partition coefficient (Wildman–Crippen LogP) is 0.0491. The second kappa shape index (κ2) is 7.27. The molecule has 10 heteroatoms. The molecular formula is C13H19N7O2S. The van der Waals surface area contributed by atoms with E-state index in [0.717, 1.165) is 23.1 Å². The summed E-state index contributed by atoms with van der Waals surface area (Å²) in [5.41, 5.74) is 2.44. The first-order valence-corrected chi connectivity index (χ1v) is 7.87. The molecule has 0 saturated carbocycles. The molecule has 0 spiro atoms. The smallest absolute Gasteiger partial charge is 0.274 e. The van der Waals surface area contributed by atoms with E-state index in [-0.39, 0.29) is 24.2 Å². The predicted molar refractivity (Wildman–Crippen MR) is 84.1 cm³/mol. The van der Waals surface area contributed by atoms with E-state index >= 15 is 0 Å². The van der Waals surface area contributed by atoms with E-state index in [1.165, 1.54) is 0 Å². The van der Waals surface area contributed by atoms with Crippen LogP contribution >= 0.6 is 11.7 Å². The van der Waals surface area contributed by atoms with Crippen LogP contribution in [0.25, 0.3) is 0 Å². The van der Waals surface area contributed by atoms with Crippen molar-refractivity contribution in [3.63, 3.8) is 0 Å². The average molecular weight is 337 g/mol. The van der Waals surface area contributed by atoms with E-state index in [4.69, 9.17) is 0 Å². The van der Waals surface area contributed by atoms with Crippen molar-refractivity contribution in [2.45, 2.75) is 40.3 Å². The van der Waals surface area contributed by atoms with Crippen LogP contribution in [0.1, 0.15) is 41.4 Å². The van der Waals surface area contributed by atoms with Crippen LogP contribution in [-0.2, 0) is 11.3 Å². The van der Waals surface area contributed by atoms with E-state index in [2.05, 4.69) is 29.7 Å². The molecular weight excluding hydrogens is 318 g/mol. The van der Waals surface area contributed by atoms with Crippen LogP contribution in [0.2, 0.25) is 0 Å². The lowest BCUT2D eigenvalue weighted by Crippen LogP contribution is -2.40. The first-order valence-electron chi connectivity index (χ1n) is 7.14. The van der Waals surface area contributed by atoms with E-state index in [1.54, 1.807) is 11.6 Å². The number of carbonyl (C=O) groups is 2. The molecule has 2 heterocycles. The van der Waals surface area contributed by atoms with Crippen molar-refractivity contribution in [2.24, 2.45) is 0 Å². The largest absolute Gasteiger partial charge is 0.352 e. The van der Waals surface area contributed by atoms with Crippen molar-refractivity contribution in [3.05, 3.63) is 22.8 Å². The Hall–Kier alpha value is -2.36. The Bertz CT molecular complexity index is 707. The van der Waals surface area contributed by atoms with Gasteiger partial charge in [-0.3, -0.25) is 9.59 Å². The summed E-state index contributed by atoms with van der Waals surface area (Å²) in [6.45, 7) is 7.63. The summed E-state index contributed by atoms with van der Waals surface area (Å²) in [4.78, 5) is 23.7. The first-order chi connectivity index (χ1) is 10.9. The van der Waals surface area contributed by atoms with Crippen LogP contribution in [0, 0.1) is 13.8 Å². The zero-order chi connectivity index (χ0) is 17.0. The molecule has 0 aliphatic rings. The SMILES string of the molecule is Cc1nsnc1Cn1nnc(C(=O)NCC(=O)NC(C)C)c1C. The molecule has 2 aromatic rings. The van der Waals surface area contributed by atoms with E-state index < -0.39 is 5.91 Å². The third-order valence-electron chi connectivity index (χ3n) is 3.10. The molecule has 0 unspecified atom stereocenters. The third kappa shape index (κ3) is 4.31. The first kappa shape index (κ1) is 17.0. The van der Waals surface area contributed by atoms with Crippen LogP contribution in [0.5, 0.6) is 0 Å². The van der Waals surface area contributed by atoms with Crippen LogP contribution in [0.15, 0.2) is 0 Å². The number of hydrogen-bond donors (Lipinski definition) is 2. The van der Waals surface area contributed by atoms with Gasteiger partial charge in [0.05, 0.1) is 41.9 Å². The van der Waals surface area contributed by atoms with Gasteiger partial charge < -0.3 is 10.6 Å². The van der Waals surface area contributed by atoms with Crippen molar-refractivity contribution >= 4 is 23.5 Å². The van der Waals surface area contributed by atoms with E-state index in [9.17, 15) is 9.59 Å². The summed E-state index contributed by atoms with van der Waals surface area (Å²) in [6, 6.07) is 0.0250. The van der Waals surface area contributed by atoms with Crippen molar-refractivity contribution in [1.29, 1.82) is 0 Å². The summed E-state index contributed by atoms with van der Waals surface area (Å²) in [5.74, 6) is -0.677. The molecule has 2 rings (SSSR count). The number of hydrogen-bond acceptors (Lipinski definition) is 7. The molecule has 124 valence electrons. The molecule has 2 N–H and O–H groups in total. The van der Waals surface area contributed by atoms with Gasteiger partial charge >= 0.3 is 0 Å². The minimum Gasteiger partial charge on any atom is -0.352 e. The van der Waals surface area contributed by atoms with Crippen molar-refractivity contribution in [1.82, 2.24) is 34.4 Å². The molecule has 23 heavy (non-hydrogen) atoms. The fraction of sp³-hybridized carbons (Fsp3) is 0.538. The Labute approximate surface area is 137 Å². The minimum atomic E-state index is -0.430. The second-order valence-corrected chi connectivity index (χ2v) is 5.91. The molecule has 2 aromatic heterocycles. The Morgan fingerprint density at radius 3 is 2.61 bits per heavy atom. The summed E-state index contributed by atoms with van der Waals surface area (Å²) in [7, 11) is 0. The fourth-order valence-electron chi connectivity index (χ4n) is 1.87. The van der Waals surface area contributed by atoms with Gasteiger partial charge in [-0.05, 0) is 27.7 Å². The van der Waals surface area contributed by atoms with Gasteiger partial charge in [0.25, 0.3) is 5.91 Å². The molecule has 0 aliphatic carbocycles. The third-order valence-corrected chi connectivity index (χ3v) is 3.76. The van der Waals surface area contributed by atoms with E-state index in [0.29, 0.717) is 12.2 Å². The molecule has 9 nitrogen and oxygen atoms in total. The lowest BCUT2D eigenvalue weighted by molar-refractivity contribution is -0.120. The van der Waals surface area contributed by atoms with Gasteiger partial charge in [0, 0.05) is 6.04 Å². The normalized spacial score (nSPS) is 10.8. The highest BCUT2D eigenvalue weighted by molar-refractivity contribution is 6.99. The quantitative estimate of drug-likeness (QED) is 0.770. The average Bonchev–Trinajstić information content (AvgIpc) is 3.04. The van der Waals surface area contributed by atoms with E-state index in [1.807, 2.05) is 20.8 Å². The summed E-state index contributed by atoms with van der Waals surface area (Å²) in [5, 5.41) is 13.1. The number of aromatic nitrogens is 5. The Morgan fingerprint density at radius 2 is 2.00 bits per heavy atom. The molecule has 0 aromatic carbocycles. The highest BCUT2D eigenvalue weighted by Gasteiger charge is 2.18. The number of nitrogens with zero attached hydrogens (tertiary/aromatic N) is 5. The number of amides is 2. The summed E-state index contributed by atoms with van der Waals surface area (Å²) < 4.78 is 9.87. The van der Waals surface area contributed by atoms with Crippen molar-refractivity contribution in [3.8, 4) is 0 Å². The maximum atomic E-state index is 12.1. The minimum absolute atomic E-state index is 0.0250. The second-order valence-electron chi connectivity index (χ2n) is 5.38. The standard InChI is InChI=1S/C13H19N7O2S/c1-7(2)15-11(21)5-14-13(22)12-9(4)20(19-16-12)6-10-8(3)17-23-18-10/h7H,5-6H2,1-4H3,(H,14,22)(H,15,21). The maximum Gasteiger partial charge on any atom is 0.274 e. The molecule has 0 saturated heterocycles. The van der Waals surface area contributed by atoms with Gasteiger partial charge in [-0.25, -0.2) is 4.68 Å². The molecule has 0 radical (unpaired) electrons. The zero-order valence-corrected chi connectivity index (χ0v) is 14.3. The number of nitrogens with one attached hydrogen (secondary N) is 2. The van der Waals surface area contributed by atoms with Gasteiger partial charge in [0.15, 0.2) is 5.69 Å². The number of rotatable bonds is 6. The van der Waals surface area contributed by atoms with Crippen LogP contribution in [-0.4, -0.2) is 48.1 Å². The van der Waals surface area contributed by atoms with Gasteiger partial charge in [-0.2, -0.15) is 8.75 Å².